The van der Waals surface area contributed by atoms with Crippen LogP contribution in [-0.4, -0.2) is 21.1 Å². The Labute approximate surface area is 92.5 Å². The fourth-order valence-electron chi connectivity index (χ4n) is 2.22. The molecular weight excluding hydrogens is 204 g/mol. The maximum Gasteiger partial charge on any atom is 0.155 e. The number of nitroso groups, excluding NO2 is 1. The number of hydrogen-bond acceptors (Lipinski definition) is 4. The molecule has 0 N–H and O–H groups in total. The first-order valence-electron chi connectivity index (χ1n) is 5.41. The Morgan fingerprint density at radius 3 is 3.25 bits per heavy atom. The van der Waals surface area contributed by atoms with Crippen molar-refractivity contribution in [3.8, 4) is 0 Å². The van der Waals surface area contributed by atoms with Gasteiger partial charge in [-0.05, 0) is 31.4 Å². The minimum Gasteiger partial charge on any atom is -0.217 e. The Morgan fingerprint density at radius 2 is 2.44 bits per heavy atom. The summed E-state index contributed by atoms with van der Waals surface area (Å²) in [6.45, 7) is 2.29. The molecule has 2 unspecified atom stereocenters. The van der Waals surface area contributed by atoms with Crippen LogP contribution in [0.25, 0.3) is 5.65 Å². The summed E-state index contributed by atoms with van der Waals surface area (Å²) in [4.78, 5) is 14.5. The highest BCUT2D eigenvalue weighted by Gasteiger charge is 2.40. The van der Waals surface area contributed by atoms with Gasteiger partial charge in [-0.25, -0.2) is 9.50 Å². The molecule has 2 atom stereocenters. The summed E-state index contributed by atoms with van der Waals surface area (Å²) in [5, 5.41) is 7.33. The molecule has 5 nitrogen and oxygen atoms in total. The third kappa shape index (κ3) is 1.39. The van der Waals surface area contributed by atoms with Crippen molar-refractivity contribution < 1.29 is 0 Å². The molecule has 16 heavy (non-hydrogen) atoms. The van der Waals surface area contributed by atoms with Crippen LogP contribution in [0.15, 0.2) is 23.4 Å². The lowest BCUT2D eigenvalue weighted by molar-refractivity contribution is 0.762. The van der Waals surface area contributed by atoms with E-state index in [0.717, 1.165) is 23.6 Å². The first-order chi connectivity index (χ1) is 7.79. The first kappa shape index (κ1) is 9.45. The minimum absolute atomic E-state index is 0.396. The SMILES string of the molecule is Cc1nc2cccc(C3CC3CN=O)n2n1. The van der Waals surface area contributed by atoms with Crippen molar-refractivity contribution in [1.82, 2.24) is 14.6 Å². The third-order valence-electron chi connectivity index (χ3n) is 3.11. The van der Waals surface area contributed by atoms with Crippen molar-refractivity contribution in [2.75, 3.05) is 6.54 Å². The second-order valence-electron chi connectivity index (χ2n) is 4.29. The van der Waals surface area contributed by atoms with Gasteiger partial charge in [0.05, 0.1) is 6.54 Å². The van der Waals surface area contributed by atoms with Crippen molar-refractivity contribution >= 4 is 5.65 Å². The topological polar surface area (TPSA) is 59.6 Å². The number of rotatable bonds is 3. The Morgan fingerprint density at radius 1 is 1.56 bits per heavy atom. The van der Waals surface area contributed by atoms with Crippen molar-refractivity contribution in [3.05, 3.63) is 34.6 Å². The van der Waals surface area contributed by atoms with Crippen LogP contribution < -0.4 is 0 Å². The molecule has 1 aliphatic carbocycles. The van der Waals surface area contributed by atoms with Gasteiger partial charge in [-0.1, -0.05) is 11.2 Å². The predicted molar refractivity (Wildman–Crippen MR) is 59.2 cm³/mol. The van der Waals surface area contributed by atoms with E-state index in [1.54, 1.807) is 0 Å². The van der Waals surface area contributed by atoms with E-state index in [0.29, 0.717) is 18.4 Å². The summed E-state index contributed by atoms with van der Waals surface area (Å²) in [6.07, 6.45) is 1.03. The number of aromatic nitrogens is 3. The van der Waals surface area contributed by atoms with Crippen molar-refractivity contribution in [1.29, 1.82) is 0 Å². The number of nitrogens with zero attached hydrogens (tertiary/aromatic N) is 4. The predicted octanol–water partition coefficient (Wildman–Crippen LogP) is 1.91. The summed E-state index contributed by atoms with van der Waals surface area (Å²) >= 11 is 0. The quantitative estimate of drug-likeness (QED) is 0.736. The lowest BCUT2D eigenvalue weighted by Crippen LogP contribution is -1.98. The van der Waals surface area contributed by atoms with E-state index in [2.05, 4.69) is 21.3 Å². The second-order valence-corrected chi connectivity index (χ2v) is 4.29. The van der Waals surface area contributed by atoms with Gasteiger partial charge in [0.15, 0.2) is 5.65 Å². The normalized spacial score (nSPS) is 23.6. The number of hydrogen-bond donors (Lipinski definition) is 0. The summed E-state index contributed by atoms with van der Waals surface area (Å²) in [5.41, 5.74) is 2.02. The highest BCUT2D eigenvalue weighted by molar-refractivity contribution is 5.40. The van der Waals surface area contributed by atoms with Crippen molar-refractivity contribution in [3.63, 3.8) is 0 Å². The summed E-state index contributed by atoms with van der Waals surface area (Å²) in [7, 11) is 0. The number of pyridine rings is 1. The van der Waals surface area contributed by atoms with Crippen molar-refractivity contribution in [2.45, 2.75) is 19.3 Å². The van der Waals surface area contributed by atoms with Crippen LogP contribution in [0.1, 0.15) is 23.9 Å². The van der Waals surface area contributed by atoms with Gasteiger partial charge in [0, 0.05) is 11.6 Å². The van der Waals surface area contributed by atoms with Crippen molar-refractivity contribution in [2.24, 2.45) is 11.1 Å². The monoisotopic (exact) mass is 216 g/mol. The van der Waals surface area contributed by atoms with E-state index in [1.165, 1.54) is 0 Å². The number of fused-ring (bicyclic) bond motifs is 1. The molecule has 3 rings (SSSR count). The van der Waals surface area contributed by atoms with E-state index in [4.69, 9.17) is 0 Å². The Bertz CT molecular complexity index is 548. The molecule has 2 heterocycles. The minimum atomic E-state index is 0.396. The Hall–Kier alpha value is -1.78. The molecular formula is C11H12N4O. The standard InChI is InChI=1S/C11H12N4O/c1-7-13-11-4-2-3-10(15(11)14-7)9-5-8(9)6-12-16/h2-4,8-9H,5-6H2,1H3. The van der Waals surface area contributed by atoms with Crippen LogP contribution in [0.5, 0.6) is 0 Å². The molecule has 0 aliphatic heterocycles. The molecule has 0 saturated heterocycles. The molecule has 1 fully saturated rings. The maximum absolute atomic E-state index is 10.2. The number of aryl methyl sites for hydroxylation is 1. The highest BCUT2D eigenvalue weighted by atomic mass is 16.3. The van der Waals surface area contributed by atoms with Gasteiger partial charge in [-0.15, -0.1) is 0 Å². The molecule has 0 amide bonds. The van der Waals surface area contributed by atoms with E-state index < -0.39 is 0 Å². The van der Waals surface area contributed by atoms with Crippen LogP contribution in [0.2, 0.25) is 0 Å². The Balaban J connectivity index is 2.01. The van der Waals surface area contributed by atoms with Crippen LogP contribution in [0.4, 0.5) is 0 Å². The van der Waals surface area contributed by atoms with E-state index >= 15 is 0 Å². The second kappa shape index (κ2) is 3.37. The third-order valence-corrected chi connectivity index (χ3v) is 3.11. The molecule has 2 aromatic rings. The summed E-state index contributed by atoms with van der Waals surface area (Å²) in [6, 6.07) is 5.98. The zero-order chi connectivity index (χ0) is 11.1. The smallest absolute Gasteiger partial charge is 0.155 e. The van der Waals surface area contributed by atoms with Crippen LogP contribution >= 0.6 is 0 Å². The maximum atomic E-state index is 10.2. The lowest BCUT2D eigenvalue weighted by Gasteiger charge is -2.01. The molecule has 5 heteroatoms. The fourth-order valence-corrected chi connectivity index (χ4v) is 2.22. The molecule has 0 bridgehead atoms. The Kier molecular flexibility index (Phi) is 1.99. The van der Waals surface area contributed by atoms with Gasteiger partial charge in [-0.2, -0.15) is 10.0 Å². The summed E-state index contributed by atoms with van der Waals surface area (Å²) < 4.78 is 1.88. The molecule has 82 valence electrons. The van der Waals surface area contributed by atoms with Crippen LogP contribution in [-0.2, 0) is 0 Å². The molecule has 0 spiro atoms. The van der Waals surface area contributed by atoms with Gasteiger partial charge < -0.3 is 0 Å². The average molecular weight is 216 g/mol. The summed E-state index contributed by atoms with van der Waals surface area (Å²) in [5.74, 6) is 1.59. The van der Waals surface area contributed by atoms with Gasteiger partial charge in [0.2, 0.25) is 0 Å². The molecule has 2 aromatic heterocycles. The zero-order valence-corrected chi connectivity index (χ0v) is 9.00. The van der Waals surface area contributed by atoms with E-state index in [-0.39, 0.29) is 0 Å². The fraction of sp³-hybridized carbons (Fsp3) is 0.455. The van der Waals surface area contributed by atoms with Crippen LogP contribution in [0.3, 0.4) is 0 Å². The average Bonchev–Trinajstić information content (AvgIpc) is 2.90. The van der Waals surface area contributed by atoms with Gasteiger partial charge in [-0.3, -0.25) is 0 Å². The molecule has 1 saturated carbocycles. The van der Waals surface area contributed by atoms with Gasteiger partial charge in [0.25, 0.3) is 0 Å². The zero-order valence-electron chi connectivity index (χ0n) is 9.00. The highest BCUT2D eigenvalue weighted by Crippen LogP contribution is 2.47. The largest absolute Gasteiger partial charge is 0.217 e. The van der Waals surface area contributed by atoms with Gasteiger partial charge >= 0.3 is 0 Å². The molecule has 0 radical (unpaired) electrons. The molecule has 0 aromatic carbocycles. The molecule has 1 aliphatic rings. The van der Waals surface area contributed by atoms with Gasteiger partial charge in [0.1, 0.15) is 5.82 Å². The van der Waals surface area contributed by atoms with E-state index in [9.17, 15) is 4.91 Å². The van der Waals surface area contributed by atoms with E-state index in [1.807, 2.05) is 23.6 Å². The van der Waals surface area contributed by atoms with Crippen LogP contribution in [0, 0.1) is 17.7 Å². The lowest BCUT2D eigenvalue weighted by atomic mass is 10.2. The first-order valence-corrected chi connectivity index (χ1v) is 5.41.